The molecule has 1 aromatic rings. The first-order chi connectivity index (χ1) is 8.34. The first-order valence-corrected chi connectivity index (χ1v) is 7.24. The Hall–Kier alpha value is -0.420. The second-order valence-electron chi connectivity index (χ2n) is 4.64. The number of hydrogen-bond donors (Lipinski definition) is 2. The predicted molar refractivity (Wildman–Crippen MR) is 70.2 cm³/mol. The molecule has 1 aliphatic carbocycles. The summed E-state index contributed by atoms with van der Waals surface area (Å²) < 4.78 is 5.48. The van der Waals surface area contributed by atoms with Crippen LogP contribution in [0.15, 0.2) is 17.5 Å². The molecule has 1 aromatic heterocycles. The van der Waals surface area contributed by atoms with Crippen molar-refractivity contribution in [3.8, 4) is 0 Å². The lowest BCUT2D eigenvalue weighted by Crippen LogP contribution is -2.35. The maximum absolute atomic E-state index is 9.75. The van der Waals surface area contributed by atoms with Gasteiger partial charge in [-0.3, -0.25) is 0 Å². The summed E-state index contributed by atoms with van der Waals surface area (Å²) in [5.74, 6) is 0. The highest BCUT2D eigenvalue weighted by molar-refractivity contribution is 7.09. The molecule has 1 unspecified atom stereocenters. The second kappa shape index (κ2) is 7.11. The van der Waals surface area contributed by atoms with Crippen LogP contribution in [0, 0.1) is 0 Å². The van der Waals surface area contributed by atoms with E-state index in [2.05, 4.69) is 5.32 Å². The first-order valence-electron chi connectivity index (χ1n) is 6.36. The highest BCUT2D eigenvalue weighted by Gasteiger charge is 2.15. The van der Waals surface area contributed by atoms with Gasteiger partial charge in [0.2, 0.25) is 0 Å². The van der Waals surface area contributed by atoms with E-state index < -0.39 is 6.10 Å². The Morgan fingerprint density at radius 1 is 1.47 bits per heavy atom. The summed E-state index contributed by atoms with van der Waals surface area (Å²) in [6.45, 7) is 1.67. The molecule has 1 aliphatic rings. The van der Waals surface area contributed by atoms with Crippen molar-refractivity contribution in [1.82, 2.24) is 5.32 Å². The molecule has 0 spiro atoms. The average molecular weight is 255 g/mol. The fraction of sp³-hybridized carbons (Fsp3) is 0.692. The number of ether oxygens (including phenoxy) is 1. The summed E-state index contributed by atoms with van der Waals surface area (Å²) in [5.41, 5.74) is 0. The number of thiophene rings is 1. The standard InChI is InChI=1S/C13H21NO2S/c15-12(8-14-11-4-1-2-5-11)9-16-10-13-6-3-7-17-13/h3,6-7,11-12,14-15H,1-2,4-5,8-10H2. The fourth-order valence-electron chi connectivity index (χ4n) is 2.18. The van der Waals surface area contributed by atoms with Crippen LogP contribution < -0.4 is 5.32 Å². The van der Waals surface area contributed by atoms with Crippen molar-refractivity contribution < 1.29 is 9.84 Å². The highest BCUT2D eigenvalue weighted by atomic mass is 32.1. The van der Waals surface area contributed by atoms with Crippen molar-refractivity contribution in [2.75, 3.05) is 13.2 Å². The molecule has 0 aromatic carbocycles. The van der Waals surface area contributed by atoms with Gasteiger partial charge in [0, 0.05) is 17.5 Å². The zero-order valence-corrected chi connectivity index (χ0v) is 10.9. The van der Waals surface area contributed by atoms with E-state index in [1.807, 2.05) is 17.5 Å². The van der Waals surface area contributed by atoms with Crippen LogP contribution in [0.5, 0.6) is 0 Å². The quantitative estimate of drug-likeness (QED) is 0.784. The molecule has 2 N–H and O–H groups in total. The van der Waals surface area contributed by atoms with Crippen molar-refractivity contribution in [1.29, 1.82) is 0 Å². The van der Waals surface area contributed by atoms with Crippen LogP contribution in [0.1, 0.15) is 30.6 Å². The van der Waals surface area contributed by atoms with Crippen LogP contribution in [0.4, 0.5) is 0 Å². The Bertz CT molecular complexity index is 296. The van der Waals surface area contributed by atoms with Gasteiger partial charge in [0.15, 0.2) is 0 Å². The summed E-state index contributed by atoms with van der Waals surface area (Å²) in [6.07, 6.45) is 4.76. The minimum atomic E-state index is -0.393. The van der Waals surface area contributed by atoms with Gasteiger partial charge < -0.3 is 15.2 Å². The van der Waals surface area contributed by atoms with Crippen LogP contribution in [0.25, 0.3) is 0 Å². The Morgan fingerprint density at radius 3 is 3.00 bits per heavy atom. The van der Waals surface area contributed by atoms with Crippen LogP contribution in [0.2, 0.25) is 0 Å². The van der Waals surface area contributed by atoms with Crippen molar-refractivity contribution >= 4 is 11.3 Å². The van der Waals surface area contributed by atoms with Crippen LogP contribution in [0.3, 0.4) is 0 Å². The minimum absolute atomic E-state index is 0.393. The number of rotatable bonds is 7. The molecular formula is C13H21NO2S. The average Bonchev–Trinajstić information content (AvgIpc) is 2.99. The lowest BCUT2D eigenvalue weighted by molar-refractivity contribution is 0.0287. The van der Waals surface area contributed by atoms with Gasteiger partial charge in [-0.15, -0.1) is 11.3 Å². The topological polar surface area (TPSA) is 41.5 Å². The summed E-state index contributed by atoms with van der Waals surface area (Å²) >= 11 is 1.69. The number of aliphatic hydroxyl groups excluding tert-OH is 1. The maximum Gasteiger partial charge on any atom is 0.0897 e. The monoisotopic (exact) mass is 255 g/mol. The molecule has 1 saturated carbocycles. The van der Waals surface area contributed by atoms with Crippen molar-refractivity contribution in [3.63, 3.8) is 0 Å². The lowest BCUT2D eigenvalue weighted by Gasteiger charge is -2.16. The van der Waals surface area contributed by atoms with E-state index in [-0.39, 0.29) is 0 Å². The summed E-state index contributed by atoms with van der Waals surface area (Å²) in [5, 5.41) is 15.2. The van der Waals surface area contributed by atoms with Gasteiger partial charge in [0.1, 0.15) is 0 Å². The normalized spacial score (nSPS) is 18.6. The van der Waals surface area contributed by atoms with E-state index >= 15 is 0 Å². The molecule has 17 heavy (non-hydrogen) atoms. The zero-order valence-electron chi connectivity index (χ0n) is 10.1. The van der Waals surface area contributed by atoms with Gasteiger partial charge in [-0.1, -0.05) is 18.9 Å². The number of hydrogen-bond acceptors (Lipinski definition) is 4. The smallest absolute Gasteiger partial charge is 0.0897 e. The van der Waals surface area contributed by atoms with Gasteiger partial charge in [-0.2, -0.15) is 0 Å². The molecule has 0 radical (unpaired) electrons. The number of aliphatic hydroxyl groups is 1. The Kier molecular flexibility index (Phi) is 5.45. The summed E-state index contributed by atoms with van der Waals surface area (Å²) in [4.78, 5) is 1.21. The molecule has 96 valence electrons. The van der Waals surface area contributed by atoms with Gasteiger partial charge in [-0.05, 0) is 24.3 Å². The zero-order chi connectivity index (χ0) is 11.9. The van der Waals surface area contributed by atoms with E-state index in [1.54, 1.807) is 11.3 Å². The minimum Gasteiger partial charge on any atom is -0.389 e. The molecule has 1 fully saturated rings. The Morgan fingerprint density at radius 2 is 2.29 bits per heavy atom. The Balaban J connectivity index is 1.52. The lowest BCUT2D eigenvalue weighted by atomic mass is 10.2. The van der Waals surface area contributed by atoms with E-state index in [1.165, 1.54) is 30.6 Å². The van der Waals surface area contributed by atoms with Crippen molar-refractivity contribution in [3.05, 3.63) is 22.4 Å². The highest BCUT2D eigenvalue weighted by Crippen LogP contribution is 2.17. The molecule has 0 amide bonds. The van der Waals surface area contributed by atoms with Crippen molar-refractivity contribution in [2.24, 2.45) is 0 Å². The summed E-state index contributed by atoms with van der Waals surface area (Å²) in [6, 6.07) is 4.68. The van der Waals surface area contributed by atoms with E-state index in [4.69, 9.17) is 4.74 Å². The third-order valence-electron chi connectivity index (χ3n) is 3.13. The van der Waals surface area contributed by atoms with Crippen molar-refractivity contribution in [2.45, 2.75) is 44.4 Å². The van der Waals surface area contributed by atoms with E-state index in [0.29, 0.717) is 25.8 Å². The molecular weight excluding hydrogens is 234 g/mol. The van der Waals surface area contributed by atoms with E-state index in [0.717, 1.165) is 0 Å². The maximum atomic E-state index is 9.75. The van der Waals surface area contributed by atoms with Crippen LogP contribution >= 0.6 is 11.3 Å². The predicted octanol–water partition coefficient (Wildman–Crippen LogP) is 2.16. The second-order valence-corrected chi connectivity index (χ2v) is 5.67. The third kappa shape index (κ3) is 4.76. The fourth-order valence-corrected chi connectivity index (χ4v) is 2.82. The number of nitrogens with one attached hydrogen (secondary N) is 1. The molecule has 0 aliphatic heterocycles. The van der Waals surface area contributed by atoms with E-state index in [9.17, 15) is 5.11 Å². The summed E-state index contributed by atoms with van der Waals surface area (Å²) in [7, 11) is 0. The molecule has 2 rings (SSSR count). The molecule has 1 atom stereocenters. The molecule has 0 bridgehead atoms. The van der Waals surface area contributed by atoms with Crippen LogP contribution in [-0.2, 0) is 11.3 Å². The first kappa shape index (κ1) is 13.0. The van der Waals surface area contributed by atoms with Gasteiger partial charge >= 0.3 is 0 Å². The van der Waals surface area contributed by atoms with Gasteiger partial charge in [0.25, 0.3) is 0 Å². The molecule has 1 heterocycles. The molecule has 4 heteroatoms. The van der Waals surface area contributed by atoms with Crippen LogP contribution in [-0.4, -0.2) is 30.4 Å². The largest absolute Gasteiger partial charge is 0.389 e. The molecule has 3 nitrogen and oxygen atoms in total. The Labute approximate surface area is 107 Å². The van der Waals surface area contributed by atoms with Gasteiger partial charge in [0.05, 0.1) is 19.3 Å². The SMILES string of the molecule is OC(CNC1CCCC1)COCc1cccs1. The third-order valence-corrected chi connectivity index (χ3v) is 3.98. The molecule has 0 saturated heterocycles. The van der Waals surface area contributed by atoms with Gasteiger partial charge in [-0.25, -0.2) is 0 Å².